The lowest BCUT2D eigenvalue weighted by Gasteiger charge is -2.12. The number of carbonyl (C=O) groups is 1. The molecule has 1 aromatic heterocycles. The highest BCUT2D eigenvalue weighted by atomic mass is 32.2. The van der Waals surface area contributed by atoms with Gasteiger partial charge in [0.1, 0.15) is 0 Å². The quantitative estimate of drug-likeness (QED) is 0.579. The first-order chi connectivity index (χ1) is 9.13. The van der Waals surface area contributed by atoms with Gasteiger partial charge in [-0.25, -0.2) is 0 Å². The first-order valence-corrected chi connectivity index (χ1v) is 7.50. The molecule has 2 N–H and O–H groups in total. The van der Waals surface area contributed by atoms with Crippen molar-refractivity contribution in [2.24, 2.45) is 5.73 Å². The molecular formula is C12H22N4O2S. The van der Waals surface area contributed by atoms with Crippen molar-refractivity contribution in [3.05, 3.63) is 5.82 Å². The highest BCUT2D eigenvalue weighted by molar-refractivity contribution is 7.99. The maximum Gasteiger partial charge on any atom is 0.306 e. The molecule has 1 rings (SSSR count). The molecular weight excluding hydrogens is 264 g/mol. The van der Waals surface area contributed by atoms with Gasteiger partial charge in [0.15, 0.2) is 11.0 Å². The lowest BCUT2D eigenvalue weighted by Crippen LogP contribution is -2.16. The molecule has 0 amide bonds. The minimum atomic E-state index is -0.210. The van der Waals surface area contributed by atoms with Crippen molar-refractivity contribution in [2.45, 2.75) is 50.9 Å². The average Bonchev–Trinajstić information content (AvgIpc) is 2.81. The second-order valence-electron chi connectivity index (χ2n) is 4.15. The fourth-order valence-electron chi connectivity index (χ4n) is 1.75. The van der Waals surface area contributed by atoms with Crippen molar-refractivity contribution in [1.29, 1.82) is 0 Å². The highest BCUT2D eigenvalue weighted by Crippen LogP contribution is 2.22. The Labute approximate surface area is 118 Å². The number of nitrogens with zero attached hydrogens (tertiary/aromatic N) is 3. The summed E-state index contributed by atoms with van der Waals surface area (Å²) < 4.78 is 6.62. The zero-order valence-corrected chi connectivity index (χ0v) is 12.6. The third-order valence-corrected chi connectivity index (χ3v) is 3.73. The van der Waals surface area contributed by atoms with Crippen molar-refractivity contribution in [2.75, 3.05) is 12.9 Å². The largest absolute Gasteiger partial charge is 0.469 e. The van der Waals surface area contributed by atoms with Crippen LogP contribution in [0.25, 0.3) is 0 Å². The minimum absolute atomic E-state index is 0.0765. The number of esters is 1. The van der Waals surface area contributed by atoms with Gasteiger partial charge in [-0.15, -0.1) is 10.2 Å². The van der Waals surface area contributed by atoms with Crippen LogP contribution in [-0.2, 0) is 16.1 Å². The zero-order chi connectivity index (χ0) is 14.3. The van der Waals surface area contributed by atoms with E-state index in [1.165, 1.54) is 18.9 Å². The number of rotatable bonds is 8. The predicted molar refractivity (Wildman–Crippen MR) is 74.9 cm³/mol. The molecule has 1 unspecified atom stereocenters. The van der Waals surface area contributed by atoms with Crippen LogP contribution in [0, 0.1) is 0 Å². The van der Waals surface area contributed by atoms with Crippen molar-refractivity contribution < 1.29 is 9.53 Å². The van der Waals surface area contributed by atoms with Crippen LogP contribution in [0.3, 0.4) is 0 Å². The Balaban J connectivity index is 2.66. The van der Waals surface area contributed by atoms with E-state index in [1.54, 1.807) is 0 Å². The van der Waals surface area contributed by atoms with Crippen molar-refractivity contribution >= 4 is 17.7 Å². The molecule has 0 bridgehead atoms. The Hall–Kier alpha value is -1.08. The Kier molecular flexibility index (Phi) is 6.86. The molecule has 0 aliphatic carbocycles. The summed E-state index contributed by atoms with van der Waals surface area (Å²) in [4.78, 5) is 11.1. The summed E-state index contributed by atoms with van der Waals surface area (Å²) in [5.74, 6) is 1.25. The Morgan fingerprint density at radius 3 is 2.79 bits per heavy atom. The molecule has 7 heteroatoms. The molecule has 0 aliphatic rings. The molecule has 0 saturated carbocycles. The summed E-state index contributed by atoms with van der Waals surface area (Å²) in [6.45, 7) is 4.91. The number of methoxy groups -OCH3 is 1. The molecule has 1 aromatic rings. The van der Waals surface area contributed by atoms with Crippen LogP contribution in [-0.4, -0.2) is 33.6 Å². The fourth-order valence-corrected chi connectivity index (χ4v) is 2.67. The van der Waals surface area contributed by atoms with E-state index in [2.05, 4.69) is 21.9 Å². The number of thioether (sulfide) groups is 1. The van der Waals surface area contributed by atoms with Gasteiger partial charge in [0.2, 0.25) is 0 Å². The summed E-state index contributed by atoms with van der Waals surface area (Å²) in [7, 11) is 1.39. The highest BCUT2D eigenvalue weighted by Gasteiger charge is 2.17. The van der Waals surface area contributed by atoms with E-state index in [-0.39, 0.29) is 12.0 Å². The van der Waals surface area contributed by atoms with Crippen LogP contribution in [0.4, 0.5) is 0 Å². The molecule has 6 nitrogen and oxygen atoms in total. The number of hydrogen-bond donors (Lipinski definition) is 1. The minimum Gasteiger partial charge on any atom is -0.469 e. The Morgan fingerprint density at radius 1 is 1.47 bits per heavy atom. The van der Waals surface area contributed by atoms with Crippen LogP contribution in [0.1, 0.15) is 45.0 Å². The van der Waals surface area contributed by atoms with E-state index in [0.29, 0.717) is 12.2 Å². The summed E-state index contributed by atoms with van der Waals surface area (Å²) in [5, 5.41) is 9.14. The monoisotopic (exact) mass is 286 g/mol. The molecule has 1 heterocycles. The van der Waals surface area contributed by atoms with Gasteiger partial charge in [-0.3, -0.25) is 4.79 Å². The van der Waals surface area contributed by atoms with Crippen LogP contribution in [0.15, 0.2) is 5.16 Å². The SMILES string of the molecule is CCCC(N)c1nnc(SCCC(=O)OC)n1CC. The Morgan fingerprint density at radius 2 is 2.21 bits per heavy atom. The second-order valence-corrected chi connectivity index (χ2v) is 5.22. The molecule has 0 spiro atoms. The van der Waals surface area contributed by atoms with Crippen molar-refractivity contribution in [1.82, 2.24) is 14.8 Å². The van der Waals surface area contributed by atoms with Crippen molar-refractivity contribution in [3.63, 3.8) is 0 Å². The van der Waals surface area contributed by atoms with Gasteiger partial charge in [0, 0.05) is 12.3 Å². The van der Waals surface area contributed by atoms with Crippen LogP contribution in [0.2, 0.25) is 0 Å². The molecule has 0 fully saturated rings. The van der Waals surface area contributed by atoms with Gasteiger partial charge in [0.05, 0.1) is 19.6 Å². The number of ether oxygens (including phenoxy) is 1. The Bertz CT molecular complexity index is 408. The van der Waals surface area contributed by atoms with Crippen LogP contribution in [0.5, 0.6) is 0 Å². The lowest BCUT2D eigenvalue weighted by molar-refractivity contribution is -0.140. The van der Waals surface area contributed by atoms with Crippen LogP contribution < -0.4 is 5.73 Å². The van der Waals surface area contributed by atoms with E-state index < -0.39 is 0 Å². The summed E-state index contributed by atoms with van der Waals surface area (Å²) in [6, 6.07) is -0.0765. The van der Waals surface area contributed by atoms with Gasteiger partial charge in [0.25, 0.3) is 0 Å². The second kappa shape index (κ2) is 8.16. The topological polar surface area (TPSA) is 83.0 Å². The average molecular weight is 286 g/mol. The zero-order valence-electron chi connectivity index (χ0n) is 11.8. The third kappa shape index (κ3) is 4.50. The summed E-state index contributed by atoms with van der Waals surface area (Å²) >= 11 is 1.50. The molecule has 0 saturated heterocycles. The fraction of sp³-hybridized carbons (Fsp3) is 0.750. The molecule has 0 aromatic carbocycles. The van der Waals surface area contributed by atoms with Gasteiger partial charge < -0.3 is 15.0 Å². The van der Waals surface area contributed by atoms with E-state index in [9.17, 15) is 4.79 Å². The smallest absolute Gasteiger partial charge is 0.306 e. The summed E-state index contributed by atoms with van der Waals surface area (Å²) in [6.07, 6.45) is 2.28. The van der Waals surface area contributed by atoms with E-state index >= 15 is 0 Å². The summed E-state index contributed by atoms with van der Waals surface area (Å²) in [5.41, 5.74) is 6.09. The maximum absolute atomic E-state index is 11.1. The predicted octanol–water partition coefficient (Wildman–Crippen LogP) is 1.75. The molecule has 1 atom stereocenters. The number of carbonyl (C=O) groups excluding carboxylic acids is 1. The number of hydrogen-bond acceptors (Lipinski definition) is 6. The standard InChI is InChI=1S/C12H22N4O2S/c1-4-6-9(13)11-14-15-12(16(11)5-2)19-8-7-10(17)18-3/h9H,4-8,13H2,1-3H3. The van der Waals surface area contributed by atoms with Gasteiger partial charge >= 0.3 is 5.97 Å². The first-order valence-electron chi connectivity index (χ1n) is 6.52. The molecule has 0 radical (unpaired) electrons. The van der Waals surface area contributed by atoms with Gasteiger partial charge in [-0.2, -0.15) is 0 Å². The number of aromatic nitrogens is 3. The number of nitrogens with two attached hydrogens (primary N) is 1. The van der Waals surface area contributed by atoms with Gasteiger partial charge in [-0.1, -0.05) is 25.1 Å². The molecule has 108 valence electrons. The van der Waals surface area contributed by atoms with Crippen LogP contribution >= 0.6 is 11.8 Å². The van der Waals surface area contributed by atoms with E-state index in [0.717, 1.165) is 30.4 Å². The van der Waals surface area contributed by atoms with E-state index in [4.69, 9.17) is 5.73 Å². The lowest BCUT2D eigenvalue weighted by atomic mass is 10.2. The first kappa shape index (κ1) is 16.0. The molecule has 19 heavy (non-hydrogen) atoms. The maximum atomic E-state index is 11.1. The molecule has 0 aliphatic heterocycles. The van der Waals surface area contributed by atoms with Gasteiger partial charge in [-0.05, 0) is 13.3 Å². The van der Waals surface area contributed by atoms with E-state index in [1.807, 2.05) is 11.5 Å². The van der Waals surface area contributed by atoms with Crippen molar-refractivity contribution in [3.8, 4) is 0 Å². The third-order valence-electron chi connectivity index (χ3n) is 2.76. The normalized spacial score (nSPS) is 12.4.